The number of nitrogens with zero attached hydrogens (tertiary/aromatic N) is 1. The van der Waals surface area contributed by atoms with Gasteiger partial charge in [0.15, 0.2) is 0 Å². The highest BCUT2D eigenvalue weighted by Crippen LogP contribution is 2.19. The third-order valence-corrected chi connectivity index (χ3v) is 2.71. The van der Waals surface area contributed by atoms with Gasteiger partial charge in [0.25, 0.3) is 0 Å². The van der Waals surface area contributed by atoms with E-state index in [0.717, 1.165) is 19.5 Å². The molecule has 0 aromatic rings. The smallest absolute Gasteiger partial charge is 0.242 e. The molecule has 0 bridgehead atoms. The average molecular weight is 200 g/mol. The highest BCUT2D eigenvalue weighted by Gasteiger charge is 2.38. The minimum atomic E-state index is -0.408. The van der Waals surface area contributed by atoms with Crippen LogP contribution >= 0.6 is 0 Å². The van der Waals surface area contributed by atoms with Crippen molar-refractivity contribution < 1.29 is 9.90 Å². The molecule has 0 radical (unpaired) electrons. The van der Waals surface area contributed by atoms with Crippen LogP contribution in [0, 0.1) is 0 Å². The van der Waals surface area contributed by atoms with Crippen LogP contribution in [0.4, 0.5) is 0 Å². The maximum atomic E-state index is 11.9. The molecule has 0 aromatic carbocycles. The Balaban J connectivity index is 2.76. The van der Waals surface area contributed by atoms with Crippen LogP contribution in [0.5, 0.6) is 0 Å². The molecule has 1 saturated heterocycles. The van der Waals surface area contributed by atoms with Crippen LogP contribution in [0.15, 0.2) is 0 Å². The molecule has 4 heteroatoms. The standard InChI is InChI=1S/C10H20N2O2/c1-4-5-12-9(14)8(6-13)11-7-10(12,2)3/h8,11,13H,4-7H2,1-3H3. The number of hydrogen-bond donors (Lipinski definition) is 2. The van der Waals surface area contributed by atoms with Crippen molar-refractivity contribution in [3.63, 3.8) is 0 Å². The predicted octanol–water partition coefficient (Wildman–Crippen LogP) is -0.0323. The van der Waals surface area contributed by atoms with Gasteiger partial charge in [-0.25, -0.2) is 0 Å². The summed E-state index contributed by atoms with van der Waals surface area (Å²) in [5, 5.41) is 12.1. The SMILES string of the molecule is CCCN1C(=O)C(CO)NCC1(C)C. The molecule has 1 rings (SSSR count). The normalized spacial score (nSPS) is 26.7. The third kappa shape index (κ3) is 2.07. The zero-order valence-corrected chi connectivity index (χ0v) is 9.21. The summed E-state index contributed by atoms with van der Waals surface area (Å²) in [6.45, 7) is 7.53. The summed E-state index contributed by atoms with van der Waals surface area (Å²) in [5.74, 6) is 0.0191. The van der Waals surface area contributed by atoms with Crippen molar-refractivity contribution in [2.24, 2.45) is 0 Å². The van der Waals surface area contributed by atoms with Gasteiger partial charge in [0.2, 0.25) is 5.91 Å². The molecule has 2 N–H and O–H groups in total. The van der Waals surface area contributed by atoms with Gasteiger partial charge in [-0.1, -0.05) is 6.92 Å². The fourth-order valence-corrected chi connectivity index (χ4v) is 1.82. The summed E-state index contributed by atoms with van der Waals surface area (Å²) in [6, 6.07) is -0.408. The topological polar surface area (TPSA) is 52.6 Å². The molecule has 4 nitrogen and oxygen atoms in total. The van der Waals surface area contributed by atoms with Gasteiger partial charge >= 0.3 is 0 Å². The lowest BCUT2D eigenvalue weighted by Crippen LogP contribution is -2.66. The van der Waals surface area contributed by atoms with E-state index in [2.05, 4.69) is 12.2 Å². The molecule has 0 saturated carbocycles. The number of aliphatic hydroxyl groups is 1. The summed E-state index contributed by atoms with van der Waals surface area (Å²) >= 11 is 0. The number of aliphatic hydroxyl groups excluding tert-OH is 1. The second-order valence-electron chi connectivity index (χ2n) is 4.42. The number of carbonyl (C=O) groups excluding carboxylic acids is 1. The maximum absolute atomic E-state index is 11.9. The molecule has 1 aliphatic heterocycles. The van der Waals surface area contributed by atoms with E-state index in [1.807, 2.05) is 18.7 Å². The Labute approximate surface area is 85.3 Å². The number of carbonyl (C=O) groups is 1. The number of hydrogen-bond acceptors (Lipinski definition) is 3. The Morgan fingerprint density at radius 2 is 2.29 bits per heavy atom. The number of piperazine rings is 1. The lowest BCUT2D eigenvalue weighted by atomic mass is 9.97. The number of nitrogens with one attached hydrogen (secondary N) is 1. The van der Waals surface area contributed by atoms with Crippen LogP contribution in [0.1, 0.15) is 27.2 Å². The highest BCUT2D eigenvalue weighted by molar-refractivity contribution is 5.83. The summed E-state index contributed by atoms with van der Waals surface area (Å²) in [6.07, 6.45) is 0.952. The lowest BCUT2D eigenvalue weighted by molar-refractivity contribution is -0.144. The minimum Gasteiger partial charge on any atom is -0.394 e. The Morgan fingerprint density at radius 1 is 1.64 bits per heavy atom. The van der Waals surface area contributed by atoms with Crippen molar-refractivity contribution in [2.75, 3.05) is 19.7 Å². The van der Waals surface area contributed by atoms with Gasteiger partial charge in [-0.05, 0) is 20.3 Å². The van der Waals surface area contributed by atoms with Crippen molar-refractivity contribution in [3.8, 4) is 0 Å². The first-order valence-corrected chi connectivity index (χ1v) is 5.18. The molecule has 0 aliphatic carbocycles. The van der Waals surface area contributed by atoms with E-state index < -0.39 is 6.04 Å². The minimum absolute atomic E-state index is 0.0191. The Morgan fingerprint density at radius 3 is 2.79 bits per heavy atom. The fourth-order valence-electron chi connectivity index (χ4n) is 1.82. The van der Waals surface area contributed by atoms with Crippen molar-refractivity contribution >= 4 is 5.91 Å². The van der Waals surface area contributed by atoms with E-state index in [0.29, 0.717) is 0 Å². The second-order valence-corrected chi connectivity index (χ2v) is 4.42. The highest BCUT2D eigenvalue weighted by atomic mass is 16.3. The zero-order valence-electron chi connectivity index (χ0n) is 9.21. The quantitative estimate of drug-likeness (QED) is 0.672. The fraction of sp³-hybridized carbons (Fsp3) is 0.900. The van der Waals surface area contributed by atoms with E-state index in [9.17, 15) is 4.79 Å². The Hall–Kier alpha value is -0.610. The maximum Gasteiger partial charge on any atom is 0.242 e. The van der Waals surface area contributed by atoms with Gasteiger partial charge in [-0.2, -0.15) is 0 Å². The van der Waals surface area contributed by atoms with Crippen LogP contribution in [-0.4, -0.2) is 47.2 Å². The summed E-state index contributed by atoms with van der Waals surface area (Å²) in [5.41, 5.74) is -0.140. The van der Waals surface area contributed by atoms with Gasteiger partial charge in [0.1, 0.15) is 6.04 Å². The van der Waals surface area contributed by atoms with Crippen LogP contribution < -0.4 is 5.32 Å². The van der Waals surface area contributed by atoms with E-state index in [-0.39, 0.29) is 18.1 Å². The molecule has 1 atom stereocenters. The van der Waals surface area contributed by atoms with E-state index in [1.54, 1.807) is 0 Å². The van der Waals surface area contributed by atoms with Gasteiger partial charge in [0, 0.05) is 18.6 Å². The van der Waals surface area contributed by atoms with Gasteiger partial charge in [-0.15, -0.1) is 0 Å². The van der Waals surface area contributed by atoms with Crippen molar-refractivity contribution in [3.05, 3.63) is 0 Å². The molecular weight excluding hydrogens is 180 g/mol. The predicted molar refractivity (Wildman–Crippen MR) is 55.0 cm³/mol. The molecule has 0 aromatic heterocycles. The molecule has 14 heavy (non-hydrogen) atoms. The van der Waals surface area contributed by atoms with Gasteiger partial charge < -0.3 is 15.3 Å². The molecule has 1 unspecified atom stereocenters. The first kappa shape index (κ1) is 11.5. The molecule has 1 amide bonds. The zero-order chi connectivity index (χ0) is 10.8. The largest absolute Gasteiger partial charge is 0.394 e. The molecule has 82 valence electrons. The first-order valence-electron chi connectivity index (χ1n) is 5.18. The van der Waals surface area contributed by atoms with Gasteiger partial charge in [-0.3, -0.25) is 4.79 Å². The lowest BCUT2D eigenvalue weighted by Gasteiger charge is -2.45. The Kier molecular flexibility index (Phi) is 3.50. The van der Waals surface area contributed by atoms with E-state index >= 15 is 0 Å². The second kappa shape index (κ2) is 4.28. The molecule has 1 aliphatic rings. The molecule has 0 spiro atoms. The van der Waals surface area contributed by atoms with E-state index in [4.69, 9.17) is 5.11 Å². The third-order valence-electron chi connectivity index (χ3n) is 2.71. The van der Waals surface area contributed by atoms with Crippen LogP contribution in [-0.2, 0) is 4.79 Å². The average Bonchev–Trinajstić information content (AvgIpc) is 2.12. The van der Waals surface area contributed by atoms with Crippen LogP contribution in [0.25, 0.3) is 0 Å². The number of amides is 1. The molecular formula is C10H20N2O2. The monoisotopic (exact) mass is 200 g/mol. The molecule has 1 fully saturated rings. The summed E-state index contributed by atoms with van der Waals surface area (Å²) < 4.78 is 0. The van der Waals surface area contributed by atoms with Crippen molar-refractivity contribution in [1.29, 1.82) is 0 Å². The first-order chi connectivity index (χ1) is 6.53. The van der Waals surface area contributed by atoms with E-state index in [1.165, 1.54) is 0 Å². The van der Waals surface area contributed by atoms with Crippen molar-refractivity contribution in [1.82, 2.24) is 10.2 Å². The van der Waals surface area contributed by atoms with Gasteiger partial charge in [0.05, 0.1) is 6.61 Å². The summed E-state index contributed by atoms with van der Waals surface area (Å²) in [4.78, 5) is 13.7. The number of rotatable bonds is 3. The van der Waals surface area contributed by atoms with Crippen molar-refractivity contribution in [2.45, 2.75) is 38.8 Å². The van der Waals surface area contributed by atoms with Crippen LogP contribution in [0.3, 0.4) is 0 Å². The summed E-state index contributed by atoms with van der Waals surface area (Å²) in [7, 11) is 0. The van der Waals surface area contributed by atoms with Crippen LogP contribution in [0.2, 0.25) is 0 Å². The molecule has 1 heterocycles. The Bertz CT molecular complexity index is 216.